The monoisotopic (exact) mass is 228 g/mol. The van der Waals surface area contributed by atoms with Crippen molar-refractivity contribution < 1.29 is 9.59 Å². The quantitative estimate of drug-likeness (QED) is 0.739. The van der Waals surface area contributed by atoms with Gasteiger partial charge in [-0.15, -0.1) is 0 Å². The summed E-state index contributed by atoms with van der Waals surface area (Å²) in [5.74, 6) is 0.518. The van der Waals surface area contributed by atoms with E-state index in [2.05, 4.69) is 12.2 Å². The molecular weight excluding hydrogens is 204 g/mol. The molecule has 0 bridgehead atoms. The van der Waals surface area contributed by atoms with Crippen LogP contribution in [0.15, 0.2) is 0 Å². The maximum atomic E-state index is 11.3. The van der Waals surface area contributed by atoms with Crippen LogP contribution < -0.4 is 5.32 Å². The molecule has 1 N–H and O–H groups in total. The number of carbonyl (C=O) groups is 2. The molecule has 0 aliphatic carbocycles. The van der Waals surface area contributed by atoms with Gasteiger partial charge in [0, 0.05) is 27.1 Å². The van der Waals surface area contributed by atoms with Crippen LogP contribution in [0.3, 0.4) is 0 Å². The zero-order valence-electron chi connectivity index (χ0n) is 11.3. The first kappa shape index (κ1) is 15.1. The van der Waals surface area contributed by atoms with Crippen LogP contribution in [0.4, 0.5) is 0 Å². The number of ketones is 1. The molecule has 0 aromatic rings. The Balaban J connectivity index is 4.03. The number of nitrogens with one attached hydrogen (secondary N) is 1. The van der Waals surface area contributed by atoms with Crippen molar-refractivity contribution in [2.24, 2.45) is 5.92 Å². The molecule has 0 aromatic heterocycles. The molecule has 1 amide bonds. The Labute approximate surface area is 98.4 Å². The number of amides is 1. The van der Waals surface area contributed by atoms with Crippen LogP contribution in [-0.4, -0.2) is 42.3 Å². The van der Waals surface area contributed by atoms with Crippen LogP contribution in [0.1, 0.15) is 34.6 Å². The summed E-state index contributed by atoms with van der Waals surface area (Å²) in [6.45, 7) is 10.4. The van der Waals surface area contributed by atoms with Crippen LogP contribution >= 0.6 is 0 Å². The van der Waals surface area contributed by atoms with E-state index in [1.54, 1.807) is 25.8 Å². The van der Waals surface area contributed by atoms with E-state index >= 15 is 0 Å². The number of rotatable bonds is 6. The molecule has 0 saturated heterocycles. The van der Waals surface area contributed by atoms with Crippen LogP contribution in [0.2, 0.25) is 0 Å². The standard InChI is InChI=1S/C12H24N2O2/c1-9(8-14(6)11(3)16)7-13-12(4,5)10(2)15/h9,13H,7-8H2,1-6H3. The third-order valence-corrected chi connectivity index (χ3v) is 2.90. The molecule has 1 unspecified atom stereocenters. The molecule has 0 heterocycles. The first-order valence-electron chi connectivity index (χ1n) is 5.64. The Morgan fingerprint density at radius 1 is 1.31 bits per heavy atom. The van der Waals surface area contributed by atoms with Crippen LogP contribution in [0.25, 0.3) is 0 Å². The lowest BCUT2D eigenvalue weighted by Gasteiger charge is -2.27. The van der Waals surface area contributed by atoms with Crippen LogP contribution in [0.5, 0.6) is 0 Å². The SMILES string of the molecule is CC(=O)N(C)CC(C)CNC(C)(C)C(C)=O. The third-order valence-electron chi connectivity index (χ3n) is 2.90. The minimum atomic E-state index is -0.483. The highest BCUT2D eigenvalue weighted by Gasteiger charge is 2.23. The van der Waals surface area contributed by atoms with Gasteiger partial charge in [-0.3, -0.25) is 9.59 Å². The summed E-state index contributed by atoms with van der Waals surface area (Å²) in [6.07, 6.45) is 0. The van der Waals surface area contributed by atoms with E-state index in [0.717, 1.165) is 6.54 Å². The minimum absolute atomic E-state index is 0.0673. The van der Waals surface area contributed by atoms with Gasteiger partial charge >= 0.3 is 0 Å². The number of nitrogens with zero attached hydrogens (tertiary/aromatic N) is 1. The van der Waals surface area contributed by atoms with Crippen molar-refractivity contribution in [3.63, 3.8) is 0 Å². The Bertz CT molecular complexity index is 262. The Kier molecular flexibility index (Phi) is 5.65. The zero-order valence-corrected chi connectivity index (χ0v) is 11.3. The van der Waals surface area contributed by atoms with Crippen LogP contribution in [-0.2, 0) is 9.59 Å². The third kappa shape index (κ3) is 5.26. The lowest BCUT2D eigenvalue weighted by atomic mass is 9.99. The largest absolute Gasteiger partial charge is 0.346 e. The predicted molar refractivity (Wildman–Crippen MR) is 65.2 cm³/mol. The highest BCUT2D eigenvalue weighted by Crippen LogP contribution is 2.05. The molecule has 4 nitrogen and oxygen atoms in total. The fourth-order valence-electron chi connectivity index (χ4n) is 1.21. The van der Waals surface area contributed by atoms with E-state index < -0.39 is 5.54 Å². The van der Waals surface area contributed by atoms with Crippen molar-refractivity contribution in [3.8, 4) is 0 Å². The maximum Gasteiger partial charge on any atom is 0.219 e. The molecule has 0 aromatic carbocycles. The van der Waals surface area contributed by atoms with Gasteiger partial charge in [0.1, 0.15) is 5.78 Å². The highest BCUT2D eigenvalue weighted by atomic mass is 16.2. The van der Waals surface area contributed by atoms with Crippen molar-refractivity contribution >= 4 is 11.7 Å². The Morgan fingerprint density at radius 2 is 1.81 bits per heavy atom. The van der Waals surface area contributed by atoms with Crippen molar-refractivity contribution in [2.45, 2.75) is 40.2 Å². The van der Waals surface area contributed by atoms with Gasteiger partial charge in [-0.25, -0.2) is 0 Å². The molecule has 0 saturated carbocycles. The summed E-state index contributed by atoms with van der Waals surface area (Å²) in [5, 5.41) is 3.21. The average molecular weight is 228 g/mol. The molecule has 1 atom stereocenters. The topological polar surface area (TPSA) is 49.4 Å². The van der Waals surface area contributed by atoms with Gasteiger partial charge in [-0.1, -0.05) is 6.92 Å². The van der Waals surface area contributed by atoms with Gasteiger partial charge in [-0.2, -0.15) is 0 Å². The molecule has 0 spiro atoms. The van der Waals surface area contributed by atoms with Crippen molar-refractivity contribution in [1.82, 2.24) is 10.2 Å². The Morgan fingerprint density at radius 3 is 2.19 bits per heavy atom. The summed E-state index contributed by atoms with van der Waals surface area (Å²) in [4.78, 5) is 24.0. The molecule has 16 heavy (non-hydrogen) atoms. The fourth-order valence-corrected chi connectivity index (χ4v) is 1.21. The molecule has 0 rings (SSSR count). The van der Waals surface area contributed by atoms with Gasteiger partial charge in [0.25, 0.3) is 0 Å². The van der Waals surface area contributed by atoms with E-state index in [-0.39, 0.29) is 11.7 Å². The number of hydrogen-bond acceptors (Lipinski definition) is 3. The number of carbonyl (C=O) groups excluding carboxylic acids is 2. The van der Waals surface area contributed by atoms with E-state index in [1.807, 2.05) is 13.8 Å². The van der Waals surface area contributed by atoms with E-state index in [9.17, 15) is 9.59 Å². The predicted octanol–water partition coefficient (Wildman–Crippen LogP) is 1.06. The smallest absolute Gasteiger partial charge is 0.219 e. The maximum absolute atomic E-state index is 11.3. The van der Waals surface area contributed by atoms with Crippen molar-refractivity contribution in [1.29, 1.82) is 0 Å². The second kappa shape index (κ2) is 5.99. The highest BCUT2D eigenvalue weighted by molar-refractivity contribution is 5.85. The molecule has 0 fully saturated rings. The minimum Gasteiger partial charge on any atom is -0.346 e. The van der Waals surface area contributed by atoms with E-state index in [1.165, 1.54) is 0 Å². The average Bonchev–Trinajstić information content (AvgIpc) is 2.14. The number of Topliss-reactive ketones (excluding diaryl/α,β-unsaturated/α-hetero) is 1. The molecule has 0 radical (unpaired) electrons. The Hall–Kier alpha value is -0.900. The molecule has 0 aliphatic rings. The second-order valence-corrected chi connectivity index (χ2v) is 5.07. The summed E-state index contributed by atoms with van der Waals surface area (Å²) >= 11 is 0. The summed E-state index contributed by atoms with van der Waals surface area (Å²) in [5.41, 5.74) is -0.483. The van der Waals surface area contributed by atoms with Gasteiger partial charge in [0.15, 0.2) is 0 Å². The molecule has 94 valence electrons. The molecule has 4 heteroatoms. The first-order valence-corrected chi connectivity index (χ1v) is 5.64. The second-order valence-electron chi connectivity index (χ2n) is 5.07. The van der Waals surface area contributed by atoms with Gasteiger partial charge in [0.05, 0.1) is 5.54 Å². The molecule has 0 aliphatic heterocycles. The van der Waals surface area contributed by atoms with E-state index in [4.69, 9.17) is 0 Å². The van der Waals surface area contributed by atoms with E-state index in [0.29, 0.717) is 12.5 Å². The van der Waals surface area contributed by atoms with Crippen molar-refractivity contribution in [2.75, 3.05) is 20.1 Å². The first-order chi connectivity index (χ1) is 7.16. The van der Waals surface area contributed by atoms with Gasteiger partial charge < -0.3 is 10.2 Å². The van der Waals surface area contributed by atoms with Gasteiger partial charge in [-0.05, 0) is 26.7 Å². The lowest BCUT2D eigenvalue weighted by molar-refractivity contribution is -0.128. The van der Waals surface area contributed by atoms with Crippen LogP contribution in [0, 0.1) is 5.92 Å². The summed E-state index contributed by atoms with van der Waals surface area (Å²) < 4.78 is 0. The zero-order chi connectivity index (χ0) is 12.9. The van der Waals surface area contributed by atoms with Crippen molar-refractivity contribution in [3.05, 3.63) is 0 Å². The van der Waals surface area contributed by atoms with Gasteiger partial charge in [0.2, 0.25) is 5.91 Å². The summed E-state index contributed by atoms with van der Waals surface area (Å²) in [6, 6.07) is 0. The normalized spacial score (nSPS) is 13.4. The lowest BCUT2D eigenvalue weighted by Crippen LogP contribution is -2.48. The number of hydrogen-bond donors (Lipinski definition) is 1. The molecular formula is C12H24N2O2. The fraction of sp³-hybridized carbons (Fsp3) is 0.833. The summed E-state index contributed by atoms with van der Waals surface area (Å²) in [7, 11) is 1.79.